The molecule has 1 saturated heterocycles. The first-order chi connectivity index (χ1) is 10.1. The molecule has 2 nitrogen and oxygen atoms in total. The van der Waals surface area contributed by atoms with Gasteiger partial charge in [0, 0.05) is 36.9 Å². The molecule has 0 saturated carbocycles. The average Bonchev–Trinajstić information content (AvgIpc) is 2.47. The molecule has 1 fully saturated rings. The van der Waals surface area contributed by atoms with E-state index >= 15 is 0 Å². The lowest BCUT2D eigenvalue weighted by atomic mass is 9.92. The Hall–Kier alpha value is -1.09. The molecule has 0 radical (unpaired) electrons. The molecular formula is C18H29FN2. The molecule has 1 aliphatic rings. The molecule has 118 valence electrons. The standard InChI is InChI=1S/C18H29FN2/c1-4-6-15-9-11-21(12-10-15)18-8-5-7-17(19)16(18)13-20-14(2)3/h5,7-8,14-15,20H,4,6,9-13H2,1-3H3. The summed E-state index contributed by atoms with van der Waals surface area (Å²) < 4.78 is 14.2. The Balaban J connectivity index is 2.07. The summed E-state index contributed by atoms with van der Waals surface area (Å²) in [4.78, 5) is 2.37. The van der Waals surface area contributed by atoms with E-state index in [-0.39, 0.29) is 5.82 Å². The van der Waals surface area contributed by atoms with Crippen LogP contribution in [0.2, 0.25) is 0 Å². The summed E-state index contributed by atoms with van der Waals surface area (Å²) in [5.74, 6) is 0.772. The van der Waals surface area contributed by atoms with Gasteiger partial charge in [0.1, 0.15) is 5.82 Å². The SMILES string of the molecule is CCCC1CCN(c2cccc(F)c2CNC(C)C)CC1. The minimum absolute atomic E-state index is 0.0867. The third-order valence-corrected chi connectivity index (χ3v) is 4.43. The maximum atomic E-state index is 14.2. The Morgan fingerprint density at radius 3 is 2.62 bits per heavy atom. The number of hydrogen-bond acceptors (Lipinski definition) is 2. The molecule has 0 aliphatic carbocycles. The van der Waals surface area contributed by atoms with Crippen LogP contribution in [0.1, 0.15) is 52.0 Å². The normalized spacial score (nSPS) is 16.7. The third kappa shape index (κ3) is 4.44. The smallest absolute Gasteiger partial charge is 0.129 e. The van der Waals surface area contributed by atoms with Crippen LogP contribution in [-0.4, -0.2) is 19.1 Å². The number of nitrogens with zero attached hydrogens (tertiary/aromatic N) is 1. The molecule has 0 atom stereocenters. The number of hydrogen-bond donors (Lipinski definition) is 1. The molecular weight excluding hydrogens is 263 g/mol. The number of piperidine rings is 1. The number of halogens is 1. The Kier molecular flexibility index (Phi) is 6.04. The van der Waals surface area contributed by atoms with E-state index in [1.165, 1.54) is 25.7 Å². The van der Waals surface area contributed by atoms with Crippen LogP contribution in [0.25, 0.3) is 0 Å². The van der Waals surface area contributed by atoms with E-state index in [9.17, 15) is 4.39 Å². The van der Waals surface area contributed by atoms with Crippen molar-refractivity contribution in [3.63, 3.8) is 0 Å². The van der Waals surface area contributed by atoms with Crippen molar-refractivity contribution in [1.29, 1.82) is 0 Å². The summed E-state index contributed by atoms with van der Waals surface area (Å²) in [6, 6.07) is 5.85. The molecule has 2 rings (SSSR count). The summed E-state index contributed by atoms with van der Waals surface area (Å²) in [6.07, 6.45) is 5.08. The third-order valence-electron chi connectivity index (χ3n) is 4.43. The van der Waals surface area contributed by atoms with Gasteiger partial charge in [-0.25, -0.2) is 4.39 Å². The van der Waals surface area contributed by atoms with Gasteiger partial charge in [0.25, 0.3) is 0 Å². The fourth-order valence-electron chi connectivity index (χ4n) is 3.20. The number of rotatable bonds is 6. The quantitative estimate of drug-likeness (QED) is 0.839. The van der Waals surface area contributed by atoms with Crippen LogP contribution in [0.4, 0.5) is 10.1 Å². The van der Waals surface area contributed by atoms with Gasteiger partial charge in [0.15, 0.2) is 0 Å². The van der Waals surface area contributed by atoms with Crippen molar-refractivity contribution in [2.45, 2.75) is 59.0 Å². The van der Waals surface area contributed by atoms with Gasteiger partial charge in [-0.2, -0.15) is 0 Å². The predicted octanol–water partition coefficient (Wildman–Crippen LogP) is 4.34. The van der Waals surface area contributed by atoms with Crippen molar-refractivity contribution < 1.29 is 4.39 Å². The van der Waals surface area contributed by atoms with Crippen LogP contribution in [0.5, 0.6) is 0 Å². The van der Waals surface area contributed by atoms with Crippen LogP contribution in [-0.2, 0) is 6.54 Å². The van der Waals surface area contributed by atoms with Crippen LogP contribution >= 0.6 is 0 Å². The van der Waals surface area contributed by atoms with E-state index in [0.717, 1.165) is 30.3 Å². The number of benzene rings is 1. The molecule has 0 bridgehead atoms. The van der Waals surface area contributed by atoms with E-state index in [1.807, 2.05) is 6.07 Å². The van der Waals surface area contributed by atoms with Crippen LogP contribution in [0.3, 0.4) is 0 Å². The van der Waals surface area contributed by atoms with Crippen molar-refractivity contribution in [1.82, 2.24) is 5.32 Å². The highest BCUT2D eigenvalue weighted by molar-refractivity contribution is 5.54. The van der Waals surface area contributed by atoms with Gasteiger partial charge in [-0.3, -0.25) is 0 Å². The lowest BCUT2D eigenvalue weighted by Crippen LogP contribution is -2.35. The average molecular weight is 292 g/mol. The van der Waals surface area contributed by atoms with Crippen molar-refractivity contribution in [3.05, 3.63) is 29.6 Å². The maximum Gasteiger partial charge on any atom is 0.129 e. The first-order valence-electron chi connectivity index (χ1n) is 8.37. The molecule has 1 aromatic carbocycles. The first kappa shape index (κ1) is 16.3. The highest BCUT2D eigenvalue weighted by Gasteiger charge is 2.21. The summed E-state index contributed by atoms with van der Waals surface area (Å²) in [7, 11) is 0. The molecule has 1 aromatic rings. The molecule has 3 heteroatoms. The zero-order valence-corrected chi connectivity index (χ0v) is 13.7. The second-order valence-corrected chi connectivity index (χ2v) is 6.49. The Bertz CT molecular complexity index is 437. The zero-order valence-electron chi connectivity index (χ0n) is 13.7. The van der Waals surface area contributed by atoms with E-state index in [0.29, 0.717) is 12.6 Å². The summed E-state index contributed by atoms with van der Waals surface area (Å²) in [5.41, 5.74) is 1.90. The van der Waals surface area contributed by atoms with E-state index in [4.69, 9.17) is 0 Å². The Labute approximate surface area is 128 Å². The molecule has 0 amide bonds. The number of nitrogens with one attached hydrogen (secondary N) is 1. The van der Waals surface area contributed by atoms with Gasteiger partial charge in [0.2, 0.25) is 0 Å². The van der Waals surface area contributed by atoms with Gasteiger partial charge in [0.05, 0.1) is 0 Å². The van der Waals surface area contributed by atoms with Gasteiger partial charge in [-0.05, 0) is 30.9 Å². The zero-order chi connectivity index (χ0) is 15.2. The van der Waals surface area contributed by atoms with Crippen molar-refractivity contribution >= 4 is 5.69 Å². The van der Waals surface area contributed by atoms with Gasteiger partial charge in [-0.1, -0.05) is 39.7 Å². The van der Waals surface area contributed by atoms with Crippen LogP contribution in [0, 0.1) is 11.7 Å². The fourth-order valence-corrected chi connectivity index (χ4v) is 3.20. The lowest BCUT2D eigenvalue weighted by Gasteiger charge is -2.35. The van der Waals surface area contributed by atoms with Gasteiger partial charge >= 0.3 is 0 Å². The highest BCUT2D eigenvalue weighted by Crippen LogP contribution is 2.29. The minimum atomic E-state index is -0.0867. The molecule has 1 aliphatic heterocycles. The monoisotopic (exact) mass is 292 g/mol. The number of anilines is 1. The molecule has 1 N–H and O–H groups in total. The highest BCUT2D eigenvalue weighted by atomic mass is 19.1. The van der Waals surface area contributed by atoms with Crippen molar-refractivity contribution in [2.24, 2.45) is 5.92 Å². The van der Waals surface area contributed by atoms with Crippen molar-refractivity contribution in [3.8, 4) is 0 Å². The van der Waals surface area contributed by atoms with E-state index < -0.39 is 0 Å². The van der Waals surface area contributed by atoms with Gasteiger partial charge in [-0.15, -0.1) is 0 Å². The molecule has 0 unspecified atom stereocenters. The predicted molar refractivity (Wildman–Crippen MR) is 88.2 cm³/mol. The molecule has 0 spiro atoms. The molecule has 21 heavy (non-hydrogen) atoms. The maximum absolute atomic E-state index is 14.2. The topological polar surface area (TPSA) is 15.3 Å². The summed E-state index contributed by atoms with van der Waals surface area (Å²) in [6.45, 7) is 9.17. The summed E-state index contributed by atoms with van der Waals surface area (Å²) in [5, 5.41) is 3.34. The minimum Gasteiger partial charge on any atom is -0.371 e. The Morgan fingerprint density at radius 2 is 2.00 bits per heavy atom. The second kappa shape index (κ2) is 7.79. The van der Waals surface area contributed by atoms with Crippen LogP contribution in [0.15, 0.2) is 18.2 Å². The van der Waals surface area contributed by atoms with Gasteiger partial charge < -0.3 is 10.2 Å². The first-order valence-corrected chi connectivity index (χ1v) is 8.37. The van der Waals surface area contributed by atoms with E-state index in [1.54, 1.807) is 6.07 Å². The summed E-state index contributed by atoms with van der Waals surface area (Å²) >= 11 is 0. The molecule has 1 heterocycles. The van der Waals surface area contributed by atoms with E-state index in [2.05, 4.69) is 37.1 Å². The largest absolute Gasteiger partial charge is 0.371 e. The Morgan fingerprint density at radius 1 is 1.29 bits per heavy atom. The van der Waals surface area contributed by atoms with Crippen LogP contribution < -0.4 is 10.2 Å². The lowest BCUT2D eigenvalue weighted by molar-refractivity contribution is 0.377. The second-order valence-electron chi connectivity index (χ2n) is 6.49. The molecule has 0 aromatic heterocycles. The van der Waals surface area contributed by atoms with Crippen molar-refractivity contribution in [2.75, 3.05) is 18.0 Å². The fraction of sp³-hybridized carbons (Fsp3) is 0.667.